The minimum Gasteiger partial charge on any atom is -0.412 e. The van der Waals surface area contributed by atoms with E-state index in [4.69, 9.17) is 17.5 Å². The van der Waals surface area contributed by atoms with Crippen molar-refractivity contribution in [3.05, 3.63) is 0 Å². The summed E-state index contributed by atoms with van der Waals surface area (Å²) < 4.78 is 31.6. The topological polar surface area (TPSA) is 327 Å². The van der Waals surface area contributed by atoms with Crippen molar-refractivity contribution in [2.75, 3.05) is 0 Å². The largest absolute Gasteiger partial charge is 0.412 e. The van der Waals surface area contributed by atoms with Crippen molar-refractivity contribution in [1.82, 2.24) is 0 Å². The first-order valence-electron chi connectivity index (χ1n) is 0.698. The molecule has 0 saturated heterocycles. The van der Waals surface area contributed by atoms with Gasteiger partial charge in [0.05, 0.1) is 0 Å². The molecule has 0 spiro atoms. The third kappa shape index (κ3) is 4020. The second-order valence-corrected chi connectivity index (χ2v) is 1.34. The van der Waals surface area contributed by atoms with Crippen LogP contribution in [-0.2, 0) is 43.1 Å². The van der Waals surface area contributed by atoms with Crippen LogP contribution in [0.4, 0.5) is 0 Å². The summed E-state index contributed by atoms with van der Waals surface area (Å²) in [7, 11) is -4.67. The van der Waals surface area contributed by atoms with Gasteiger partial charge in [0.2, 0.25) is 0 Å². The molecular weight excluding hydrogens is 313 g/mol. The maximum absolute atomic E-state index is 8.74. The fraction of sp³-hybridized carbons (Fsp3) is 0. The Bertz CT molecular complexity index is 93.5. The van der Waals surface area contributed by atoms with Crippen LogP contribution in [-0.4, -0.2) is 61.3 Å². The molecule has 12 nitrogen and oxygen atoms in total. The van der Waals surface area contributed by atoms with Crippen molar-refractivity contribution in [2.45, 2.75) is 0 Å². The van der Waals surface area contributed by atoms with Crippen molar-refractivity contribution in [2.24, 2.45) is 0 Å². The van der Waals surface area contributed by atoms with E-state index in [1.54, 1.807) is 0 Å². The first kappa shape index (κ1) is 126. The van der Waals surface area contributed by atoms with Gasteiger partial charge < -0.3 is 43.8 Å². The van der Waals surface area contributed by atoms with E-state index in [-0.39, 0.29) is 76.5 Å². The van der Waals surface area contributed by atoms with Crippen LogP contribution in [0.15, 0.2) is 0 Å². The Hall–Kier alpha value is 0.654. The first-order valence-corrected chi connectivity index (χ1v) is 2.10. The Morgan fingerprint density at radius 1 is 0.571 bits per heavy atom. The summed E-state index contributed by atoms with van der Waals surface area (Å²) >= 11 is 0. The van der Waals surface area contributed by atoms with Crippen molar-refractivity contribution in [1.29, 1.82) is 0 Å². The van der Waals surface area contributed by atoms with Crippen molar-refractivity contribution in [3.63, 3.8) is 0 Å². The quantitative estimate of drug-likeness (QED) is 0.408. The van der Waals surface area contributed by atoms with Crippen LogP contribution in [0.3, 0.4) is 0 Å². The van der Waals surface area contributed by atoms with Gasteiger partial charge in [-0.15, -0.1) is 0 Å². The van der Waals surface area contributed by atoms with E-state index in [9.17, 15) is 0 Å². The summed E-state index contributed by atoms with van der Waals surface area (Å²) in [5, 5.41) is 0. The van der Waals surface area contributed by atoms with E-state index < -0.39 is 10.4 Å². The molecule has 99 valence electrons. The molecule has 0 saturated carbocycles. The Morgan fingerprint density at radius 2 is 0.571 bits per heavy atom. The Labute approximate surface area is 104 Å². The van der Waals surface area contributed by atoms with E-state index in [0.717, 1.165) is 0 Å². The number of hydrogen-bond donors (Lipinski definition) is 2. The molecule has 0 fully saturated rings. The maximum Gasteiger partial charge on any atom is 0.394 e. The van der Waals surface area contributed by atoms with Gasteiger partial charge in [-0.25, -0.2) is 0 Å². The second-order valence-electron chi connectivity index (χ2n) is 0.448. The van der Waals surface area contributed by atoms with E-state index in [2.05, 4.69) is 0 Å². The molecule has 14 heteroatoms. The molecule has 0 aromatic heterocycles. The molecule has 0 aliphatic rings. The molecule has 0 unspecified atom stereocenters. The molecule has 0 aliphatic heterocycles. The summed E-state index contributed by atoms with van der Waals surface area (Å²) in [5.41, 5.74) is 0. The fourth-order valence-corrected chi connectivity index (χ4v) is 0. The molecule has 14 heavy (non-hydrogen) atoms. The number of rotatable bonds is 0. The predicted molar refractivity (Wildman–Crippen MR) is 43.1 cm³/mol. The molecule has 18 N–H and O–H groups in total. The molecule has 0 aliphatic carbocycles. The van der Waals surface area contributed by atoms with Crippen molar-refractivity contribution in [3.8, 4) is 0 Å². The van der Waals surface area contributed by atoms with Gasteiger partial charge in [0.25, 0.3) is 0 Å². The average molecular weight is 331 g/mol. The molecule has 0 atom stereocenters. The zero-order valence-corrected chi connectivity index (χ0v) is 10.4. The molecule has 1 radical (unpaired) electrons. The van der Waals surface area contributed by atoms with Gasteiger partial charge in [0.15, 0.2) is 0 Å². The van der Waals surface area contributed by atoms with E-state index in [1.165, 1.54) is 0 Å². The van der Waals surface area contributed by atoms with Crippen LogP contribution in [0.2, 0.25) is 0 Å². The van der Waals surface area contributed by atoms with Crippen molar-refractivity contribution >= 4 is 10.4 Å². The summed E-state index contributed by atoms with van der Waals surface area (Å²) in [6, 6.07) is 0. The molecule has 0 aromatic carbocycles. The zero-order chi connectivity index (χ0) is 4.50. The van der Waals surface area contributed by atoms with Gasteiger partial charge in [0.1, 0.15) is 0 Å². The maximum atomic E-state index is 8.74. The minimum absolute atomic E-state index is 0. The van der Waals surface area contributed by atoms with Crippen molar-refractivity contribution < 1.29 is 94.0 Å². The van der Waals surface area contributed by atoms with E-state index in [1.807, 2.05) is 0 Å². The average Bonchev–Trinajstić information content (AvgIpc) is 0.722. The second kappa shape index (κ2) is 49.4. The minimum atomic E-state index is -4.67. The summed E-state index contributed by atoms with van der Waals surface area (Å²) in [5.74, 6) is 0. The van der Waals surface area contributed by atoms with Crippen LogP contribution in [0.5, 0.6) is 0 Å². The molecule has 0 rings (SSSR count). The van der Waals surface area contributed by atoms with Gasteiger partial charge in [-0.05, 0) is 0 Å². The third-order valence-corrected chi connectivity index (χ3v) is 0. The summed E-state index contributed by atoms with van der Waals surface area (Å²) in [4.78, 5) is 0. The number of hydrogen-bond acceptors (Lipinski definition) is 2. The SMILES string of the molecule is O.O.O.O.O.O.O.O.O=S(=O)(O)O.[Y]. The van der Waals surface area contributed by atoms with Gasteiger partial charge in [-0.3, -0.25) is 9.11 Å². The van der Waals surface area contributed by atoms with Crippen LogP contribution in [0, 0.1) is 0 Å². The van der Waals surface area contributed by atoms with Crippen LogP contribution in [0.25, 0.3) is 0 Å². The smallest absolute Gasteiger partial charge is 0.394 e. The van der Waals surface area contributed by atoms with Gasteiger partial charge in [-0.2, -0.15) is 8.42 Å². The van der Waals surface area contributed by atoms with Gasteiger partial charge in [0, 0.05) is 32.7 Å². The molecule has 0 bridgehead atoms. The Morgan fingerprint density at radius 3 is 0.571 bits per heavy atom. The van der Waals surface area contributed by atoms with Crippen LogP contribution >= 0.6 is 0 Å². The molecule has 0 aromatic rings. The first-order chi connectivity index (χ1) is 2.00. The monoisotopic (exact) mass is 331 g/mol. The molecule has 0 heterocycles. The standard InChI is InChI=1S/H2O4S.8H2O.Y/c1-5(2,3)4;;;;;;;;;/h(H2,1,2,3,4);8*1H2;. The van der Waals surface area contributed by atoms with E-state index >= 15 is 0 Å². The Balaban J connectivity index is -0.00000000222. The van der Waals surface area contributed by atoms with E-state index in [0.29, 0.717) is 0 Å². The van der Waals surface area contributed by atoms with Crippen LogP contribution in [0.1, 0.15) is 0 Å². The molecular formula is H18O12SY. The Kier molecular flexibility index (Phi) is 445. The summed E-state index contributed by atoms with van der Waals surface area (Å²) in [6.45, 7) is 0. The third-order valence-electron chi connectivity index (χ3n) is 0. The normalized spacial score (nSPS) is 4.14. The summed E-state index contributed by atoms with van der Waals surface area (Å²) in [6.07, 6.45) is 0. The molecule has 0 amide bonds. The van der Waals surface area contributed by atoms with Gasteiger partial charge >= 0.3 is 10.4 Å². The predicted octanol–water partition coefficient (Wildman–Crippen LogP) is -7.25. The van der Waals surface area contributed by atoms with Crippen LogP contribution < -0.4 is 0 Å². The zero-order valence-electron chi connectivity index (χ0n) is 6.70. The fourth-order valence-electron chi connectivity index (χ4n) is 0. The van der Waals surface area contributed by atoms with Gasteiger partial charge in [-0.1, -0.05) is 0 Å².